The maximum absolute atomic E-state index is 3.88. The van der Waals surface area contributed by atoms with Crippen LogP contribution in [0.15, 0.2) is 0 Å². The predicted molar refractivity (Wildman–Crippen MR) is 35.2 cm³/mol. The monoisotopic (exact) mass is 144 g/mol. The minimum Gasteiger partial charge on any atom is -1.00 e. The molecule has 0 aliphatic rings. The molecule has 0 aromatic heterocycles. The summed E-state index contributed by atoms with van der Waals surface area (Å²) in [5.74, 6) is 0.685. The number of hydrogen-bond acceptors (Lipinski definition) is 0. The minimum atomic E-state index is 0. The first-order valence-corrected chi connectivity index (χ1v) is 2.64. The van der Waals surface area contributed by atoms with E-state index >= 15 is 0 Å². The Kier molecular flexibility index (Phi) is 21.9. The standard InChI is InChI=1S/C6H13.ClH.Mg/c1-4-6(3)5-2;;/h6H,3-5H2,1-2H3;1H;/q-1;;+2/p-1. The maximum atomic E-state index is 3.88. The van der Waals surface area contributed by atoms with E-state index < -0.39 is 0 Å². The Morgan fingerprint density at radius 3 is 1.50 bits per heavy atom. The molecule has 0 saturated carbocycles. The van der Waals surface area contributed by atoms with Crippen LogP contribution in [0.3, 0.4) is 0 Å². The van der Waals surface area contributed by atoms with Crippen LogP contribution in [-0.2, 0) is 0 Å². The minimum absolute atomic E-state index is 0. The summed E-state index contributed by atoms with van der Waals surface area (Å²) < 4.78 is 0. The van der Waals surface area contributed by atoms with E-state index in [2.05, 4.69) is 20.8 Å². The second-order valence-corrected chi connectivity index (χ2v) is 1.68. The topological polar surface area (TPSA) is 0 Å². The fourth-order valence-corrected chi connectivity index (χ4v) is 0.289. The third kappa shape index (κ3) is 10.1. The van der Waals surface area contributed by atoms with Crippen molar-refractivity contribution in [1.82, 2.24) is 0 Å². The van der Waals surface area contributed by atoms with Crippen molar-refractivity contribution in [1.29, 1.82) is 0 Å². The van der Waals surface area contributed by atoms with Crippen molar-refractivity contribution in [3.63, 3.8) is 0 Å². The van der Waals surface area contributed by atoms with Gasteiger partial charge in [0.2, 0.25) is 0 Å². The fourth-order valence-electron chi connectivity index (χ4n) is 0.289. The van der Waals surface area contributed by atoms with Crippen LogP contribution >= 0.6 is 0 Å². The van der Waals surface area contributed by atoms with Crippen LogP contribution in [0.4, 0.5) is 0 Å². The molecule has 0 aliphatic carbocycles. The van der Waals surface area contributed by atoms with E-state index in [1.165, 1.54) is 12.8 Å². The van der Waals surface area contributed by atoms with E-state index in [0.717, 1.165) is 0 Å². The van der Waals surface area contributed by atoms with Gasteiger partial charge in [0.05, 0.1) is 0 Å². The normalized spacial score (nSPS) is 7.50. The van der Waals surface area contributed by atoms with Gasteiger partial charge in [-0.25, -0.2) is 0 Å². The molecule has 0 nitrogen and oxygen atoms in total. The van der Waals surface area contributed by atoms with Gasteiger partial charge in [-0.15, -0.1) is 0 Å². The summed E-state index contributed by atoms with van der Waals surface area (Å²) in [4.78, 5) is 0. The van der Waals surface area contributed by atoms with Gasteiger partial charge in [0, 0.05) is 0 Å². The molecule has 8 heavy (non-hydrogen) atoms. The van der Waals surface area contributed by atoms with Crippen molar-refractivity contribution in [2.45, 2.75) is 26.7 Å². The van der Waals surface area contributed by atoms with E-state index in [0.29, 0.717) is 5.92 Å². The molecule has 0 bridgehead atoms. The van der Waals surface area contributed by atoms with E-state index in [-0.39, 0.29) is 35.5 Å². The van der Waals surface area contributed by atoms with Crippen LogP contribution in [0.25, 0.3) is 0 Å². The van der Waals surface area contributed by atoms with Crippen LogP contribution < -0.4 is 12.4 Å². The molecule has 0 heterocycles. The van der Waals surface area contributed by atoms with Crippen molar-refractivity contribution in [2.24, 2.45) is 5.92 Å². The number of halogens is 1. The molecular weight excluding hydrogens is 132 g/mol. The van der Waals surface area contributed by atoms with E-state index in [9.17, 15) is 0 Å². The Morgan fingerprint density at radius 2 is 1.50 bits per heavy atom. The second-order valence-electron chi connectivity index (χ2n) is 1.68. The quantitative estimate of drug-likeness (QED) is 0.341. The Hall–Kier alpha value is 1.06. The summed E-state index contributed by atoms with van der Waals surface area (Å²) in [6, 6.07) is 0. The Labute approximate surface area is 75.0 Å². The smallest absolute Gasteiger partial charge is 1.00 e. The molecule has 0 atom stereocenters. The van der Waals surface area contributed by atoms with E-state index in [1.54, 1.807) is 0 Å². The first-order valence-electron chi connectivity index (χ1n) is 2.64. The van der Waals surface area contributed by atoms with Crippen molar-refractivity contribution >= 4 is 23.1 Å². The van der Waals surface area contributed by atoms with E-state index in [1.807, 2.05) is 0 Å². The van der Waals surface area contributed by atoms with Gasteiger partial charge in [-0.1, -0.05) is 26.7 Å². The Balaban J connectivity index is -0.000000125. The Morgan fingerprint density at radius 1 is 1.25 bits per heavy atom. The van der Waals surface area contributed by atoms with Crippen LogP contribution in [0.5, 0.6) is 0 Å². The molecule has 0 aromatic rings. The zero-order valence-electron chi connectivity index (χ0n) is 5.78. The number of hydrogen-bond donors (Lipinski definition) is 0. The first kappa shape index (κ1) is 16.0. The van der Waals surface area contributed by atoms with E-state index in [4.69, 9.17) is 0 Å². The van der Waals surface area contributed by atoms with Gasteiger partial charge in [-0.05, 0) is 0 Å². The fraction of sp³-hybridized carbons (Fsp3) is 0.833. The zero-order chi connectivity index (χ0) is 4.99. The molecule has 0 rings (SSSR count). The number of rotatable bonds is 2. The summed E-state index contributed by atoms with van der Waals surface area (Å²) in [6.07, 6.45) is 2.44. The van der Waals surface area contributed by atoms with Gasteiger partial charge in [-0.3, -0.25) is 0 Å². The molecule has 0 fully saturated rings. The molecule has 0 spiro atoms. The van der Waals surface area contributed by atoms with Crippen LogP contribution in [0.1, 0.15) is 26.7 Å². The molecule has 0 saturated heterocycles. The van der Waals surface area contributed by atoms with Crippen LogP contribution in [0, 0.1) is 12.8 Å². The maximum Gasteiger partial charge on any atom is 2.00 e. The van der Waals surface area contributed by atoms with Gasteiger partial charge >= 0.3 is 23.1 Å². The van der Waals surface area contributed by atoms with Crippen molar-refractivity contribution < 1.29 is 12.4 Å². The zero-order valence-corrected chi connectivity index (χ0v) is 7.95. The van der Waals surface area contributed by atoms with Gasteiger partial charge in [0.25, 0.3) is 0 Å². The van der Waals surface area contributed by atoms with Gasteiger partial charge in [0.1, 0.15) is 0 Å². The summed E-state index contributed by atoms with van der Waals surface area (Å²) >= 11 is 0. The summed E-state index contributed by atoms with van der Waals surface area (Å²) in [6.45, 7) is 8.21. The molecule has 2 heteroatoms. The van der Waals surface area contributed by atoms with Gasteiger partial charge < -0.3 is 19.3 Å². The third-order valence-electron chi connectivity index (χ3n) is 1.15. The van der Waals surface area contributed by atoms with Crippen LogP contribution in [-0.4, -0.2) is 23.1 Å². The molecule has 0 aliphatic heterocycles. The molecule has 0 radical (unpaired) electrons. The first-order chi connectivity index (χ1) is 2.81. The molecule has 0 aromatic carbocycles. The largest absolute Gasteiger partial charge is 2.00 e. The average Bonchev–Trinajstić information content (AvgIpc) is 1.65. The average molecular weight is 145 g/mol. The summed E-state index contributed by atoms with van der Waals surface area (Å²) in [5.41, 5.74) is 0. The van der Waals surface area contributed by atoms with Gasteiger partial charge in [0.15, 0.2) is 0 Å². The van der Waals surface area contributed by atoms with Crippen LogP contribution in [0.2, 0.25) is 0 Å². The summed E-state index contributed by atoms with van der Waals surface area (Å²) in [7, 11) is 0. The van der Waals surface area contributed by atoms with Gasteiger partial charge in [-0.2, -0.15) is 5.92 Å². The predicted octanol–water partition coefficient (Wildman–Crippen LogP) is -1.12. The molecule has 0 amide bonds. The molecular formula is C6H13ClMg. The van der Waals surface area contributed by atoms with Crippen molar-refractivity contribution in [3.8, 4) is 0 Å². The SMILES string of the molecule is [CH2-]C(CC)CC.[Cl-].[Mg+2]. The third-order valence-corrected chi connectivity index (χ3v) is 1.15. The molecule has 0 N–H and O–H groups in total. The molecule has 0 unspecified atom stereocenters. The second kappa shape index (κ2) is 10.9. The van der Waals surface area contributed by atoms with Crippen molar-refractivity contribution in [2.75, 3.05) is 0 Å². The van der Waals surface area contributed by atoms with Crippen molar-refractivity contribution in [3.05, 3.63) is 6.92 Å². The summed E-state index contributed by atoms with van der Waals surface area (Å²) in [5, 5.41) is 0. The molecule has 46 valence electrons. The Bertz CT molecular complexity index is 27.7.